The highest BCUT2D eigenvalue weighted by atomic mass is 14.9. The monoisotopic (exact) mass is 265 g/mol. The Hall–Kier alpha value is -1.76. The molecular weight excluding hydrogens is 242 g/mol. The summed E-state index contributed by atoms with van der Waals surface area (Å²) in [6.45, 7) is 4.49. The highest BCUT2D eigenvalue weighted by Gasteiger charge is 2.09. The summed E-state index contributed by atoms with van der Waals surface area (Å²) in [4.78, 5) is 0. The summed E-state index contributed by atoms with van der Waals surface area (Å²) >= 11 is 0. The van der Waals surface area contributed by atoms with Crippen molar-refractivity contribution in [2.75, 3.05) is 0 Å². The number of hydrogen-bond donors (Lipinski definition) is 0. The van der Waals surface area contributed by atoms with E-state index in [0.29, 0.717) is 0 Å². The van der Waals surface area contributed by atoms with E-state index in [-0.39, 0.29) is 0 Å². The van der Waals surface area contributed by atoms with E-state index >= 15 is 0 Å². The van der Waals surface area contributed by atoms with E-state index in [1.165, 1.54) is 58.6 Å². The van der Waals surface area contributed by atoms with Crippen molar-refractivity contribution in [2.45, 2.75) is 39.5 Å². The molecule has 0 fully saturated rings. The van der Waals surface area contributed by atoms with Crippen molar-refractivity contribution in [1.29, 1.82) is 0 Å². The Morgan fingerprint density at radius 3 is 1.60 bits per heavy atom. The van der Waals surface area contributed by atoms with Crippen molar-refractivity contribution in [2.24, 2.45) is 7.05 Å². The van der Waals surface area contributed by atoms with Crippen LogP contribution in [0.15, 0.2) is 36.4 Å². The molecule has 0 radical (unpaired) electrons. The van der Waals surface area contributed by atoms with Gasteiger partial charge in [0, 0.05) is 28.9 Å². The second-order valence-electron chi connectivity index (χ2n) is 5.76. The first-order chi connectivity index (χ1) is 9.74. The number of fused-ring (bicyclic) bond motifs is 3. The fourth-order valence-corrected chi connectivity index (χ4v) is 3.20. The Morgan fingerprint density at radius 1 is 0.750 bits per heavy atom. The van der Waals surface area contributed by atoms with Crippen LogP contribution in [0.3, 0.4) is 0 Å². The molecule has 0 N–H and O–H groups in total. The standard InChI is InChI=1S/C19H23N/c1-4-6-14-8-10-18-16(12-14)17-13-15(7-5-2)9-11-19(17)20(18)3/h8-13H,4-7H2,1-3H3. The summed E-state index contributed by atoms with van der Waals surface area (Å²) in [6, 6.07) is 13.9. The van der Waals surface area contributed by atoms with Crippen LogP contribution in [0.4, 0.5) is 0 Å². The van der Waals surface area contributed by atoms with E-state index in [9.17, 15) is 0 Å². The van der Waals surface area contributed by atoms with Gasteiger partial charge in [0.15, 0.2) is 0 Å². The van der Waals surface area contributed by atoms with Crippen molar-refractivity contribution in [3.63, 3.8) is 0 Å². The van der Waals surface area contributed by atoms with Gasteiger partial charge in [-0.1, -0.05) is 38.8 Å². The van der Waals surface area contributed by atoms with Crippen LogP contribution in [-0.2, 0) is 19.9 Å². The van der Waals surface area contributed by atoms with Crippen LogP contribution in [0, 0.1) is 0 Å². The van der Waals surface area contributed by atoms with E-state index in [1.807, 2.05) is 0 Å². The molecule has 0 bridgehead atoms. The Labute approximate surface area is 121 Å². The third-order valence-corrected chi connectivity index (χ3v) is 4.21. The first-order valence-electron chi connectivity index (χ1n) is 7.74. The van der Waals surface area contributed by atoms with E-state index in [0.717, 1.165) is 0 Å². The van der Waals surface area contributed by atoms with Crippen LogP contribution in [0.5, 0.6) is 0 Å². The molecule has 0 unspecified atom stereocenters. The predicted octanol–water partition coefficient (Wildman–Crippen LogP) is 5.24. The lowest BCUT2D eigenvalue weighted by molar-refractivity contribution is 0.922. The van der Waals surface area contributed by atoms with Gasteiger partial charge in [-0.3, -0.25) is 0 Å². The van der Waals surface area contributed by atoms with Crippen molar-refractivity contribution in [3.05, 3.63) is 47.5 Å². The number of aryl methyl sites for hydroxylation is 3. The molecule has 0 saturated heterocycles. The summed E-state index contributed by atoms with van der Waals surface area (Å²) in [6.07, 6.45) is 4.75. The lowest BCUT2D eigenvalue weighted by atomic mass is 10.0. The molecule has 2 aromatic carbocycles. The summed E-state index contributed by atoms with van der Waals surface area (Å²) in [5.74, 6) is 0. The zero-order valence-corrected chi connectivity index (χ0v) is 12.7. The van der Waals surface area contributed by atoms with Gasteiger partial charge >= 0.3 is 0 Å². The van der Waals surface area contributed by atoms with E-state index in [4.69, 9.17) is 0 Å². The van der Waals surface area contributed by atoms with Crippen LogP contribution >= 0.6 is 0 Å². The highest BCUT2D eigenvalue weighted by molar-refractivity contribution is 6.08. The number of benzene rings is 2. The van der Waals surface area contributed by atoms with Crippen LogP contribution in [0.2, 0.25) is 0 Å². The lowest BCUT2D eigenvalue weighted by Crippen LogP contribution is -1.88. The topological polar surface area (TPSA) is 4.93 Å². The van der Waals surface area contributed by atoms with Crippen LogP contribution in [0.1, 0.15) is 37.8 Å². The van der Waals surface area contributed by atoms with Crippen LogP contribution in [-0.4, -0.2) is 4.57 Å². The molecule has 0 aliphatic rings. The highest BCUT2D eigenvalue weighted by Crippen LogP contribution is 2.30. The largest absolute Gasteiger partial charge is 0.344 e. The van der Waals surface area contributed by atoms with Gasteiger partial charge in [-0.25, -0.2) is 0 Å². The maximum absolute atomic E-state index is 2.39. The molecule has 1 nitrogen and oxygen atoms in total. The van der Waals surface area contributed by atoms with Gasteiger partial charge in [0.05, 0.1) is 0 Å². The van der Waals surface area contributed by atoms with E-state index in [1.54, 1.807) is 0 Å². The van der Waals surface area contributed by atoms with Gasteiger partial charge in [-0.15, -0.1) is 0 Å². The zero-order valence-electron chi connectivity index (χ0n) is 12.7. The minimum Gasteiger partial charge on any atom is -0.344 e. The molecule has 0 atom stereocenters. The van der Waals surface area contributed by atoms with Crippen LogP contribution in [0.25, 0.3) is 21.8 Å². The second kappa shape index (κ2) is 5.32. The van der Waals surface area contributed by atoms with Crippen molar-refractivity contribution >= 4 is 21.8 Å². The van der Waals surface area contributed by atoms with Crippen LogP contribution < -0.4 is 0 Å². The molecule has 0 spiro atoms. The first kappa shape index (κ1) is 13.2. The number of aromatic nitrogens is 1. The minimum atomic E-state index is 1.17. The Kier molecular flexibility index (Phi) is 3.52. The van der Waals surface area contributed by atoms with Gasteiger partial charge in [-0.05, 0) is 48.2 Å². The number of nitrogens with zero attached hydrogens (tertiary/aromatic N) is 1. The summed E-state index contributed by atoms with van der Waals surface area (Å²) in [5.41, 5.74) is 5.59. The molecule has 104 valence electrons. The van der Waals surface area contributed by atoms with Crippen molar-refractivity contribution < 1.29 is 0 Å². The molecule has 0 aliphatic heterocycles. The van der Waals surface area contributed by atoms with Gasteiger partial charge in [0.1, 0.15) is 0 Å². The average Bonchev–Trinajstić information content (AvgIpc) is 2.73. The summed E-state index contributed by atoms with van der Waals surface area (Å²) in [5, 5.41) is 2.82. The van der Waals surface area contributed by atoms with E-state index in [2.05, 4.69) is 61.9 Å². The smallest absolute Gasteiger partial charge is 0.0488 e. The first-order valence-corrected chi connectivity index (χ1v) is 7.74. The number of hydrogen-bond acceptors (Lipinski definition) is 0. The zero-order chi connectivity index (χ0) is 14.1. The predicted molar refractivity (Wildman–Crippen MR) is 88.4 cm³/mol. The van der Waals surface area contributed by atoms with Crippen molar-refractivity contribution in [1.82, 2.24) is 4.57 Å². The average molecular weight is 265 g/mol. The molecule has 1 heteroatoms. The molecular formula is C19H23N. The van der Waals surface area contributed by atoms with Crippen molar-refractivity contribution in [3.8, 4) is 0 Å². The molecule has 1 heterocycles. The van der Waals surface area contributed by atoms with Gasteiger partial charge in [0.2, 0.25) is 0 Å². The lowest BCUT2D eigenvalue weighted by Gasteiger charge is -2.00. The molecule has 1 aromatic heterocycles. The fourth-order valence-electron chi connectivity index (χ4n) is 3.20. The Bertz CT molecular complexity index is 686. The third-order valence-electron chi connectivity index (χ3n) is 4.21. The number of rotatable bonds is 4. The normalized spacial score (nSPS) is 11.6. The summed E-state index contributed by atoms with van der Waals surface area (Å²) < 4.78 is 2.32. The molecule has 3 aromatic rings. The third kappa shape index (κ3) is 2.11. The maximum atomic E-state index is 2.39. The Balaban J connectivity index is 2.27. The molecule has 20 heavy (non-hydrogen) atoms. The molecule has 3 rings (SSSR count). The maximum Gasteiger partial charge on any atom is 0.0488 e. The minimum absolute atomic E-state index is 1.17. The van der Waals surface area contributed by atoms with Gasteiger partial charge in [0.25, 0.3) is 0 Å². The van der Waals surface area contributed by atoms with E-state index < -0.39 is 0 Å². The van der Waals surface area contributed by atoms with Gasteiger partial charge < -0.3 is 4.57 Å². The molecule has 0 aliphatic carbocycles. The molecule has 0 amide bonds. The second-order valence-corrected chi connectivity index (χ2v) is 5.76. The Morgan fingerprint density at radius 2 is 1.20 bits per heavy atom. The fraction of sp³-hybridized carbons (Fsp3) is 0.368. The summed E-state index contributed by atoms with van der Waals surface area (Å²) in [7, 11) is 2.17. The SMILES string of the molecule is CCCc1ccc2c(c1)c1cc(CCC)ccc1n2C. The molecule has 0 saturated carbocycles. The quantitative estimate of drug-likeness (QED) is 0.608. The van der Waals surface area contributed by atoms with Gasteiger partial charge in [-0.2, -0.15) is 0 Å².